The van der Waals surface area contributed by atoms with Crippen molar-refractivity contribution in [2.24, 2.45) is 4.99 Å². The smallest absolute Gasteiger partial charge is 0.193 e. The van der Waals surface area contributed by atoms with Crippen molar-refractivity contribution in [3.63, 3.8) is 0 Å². The molecule has 0 aliphatic carbocycles. The lowest BCUT2D eigenvalue weighted by Crippen LogP contribution is -2.40. The number of hydrogen-bond acceptors (Lipinski definition) is 3. The Kier molecular flexibility index (Phi) is 10.7. The van der Waals surface area contributed by atoms with E-state index in [2.05, 4.69) is 59.5 Å². The Morgan fingerprint density at radius 3 is 2.21 bits per heavy atom. The van der Waals surface area contributed by atoms with E-state index in [1.165, 1.54) is 16.7 Å². The molecule has 0 saturated carbocycles. The van der Waals surface area contributed by atoms with E-state index >= 15 is 0 Å². The number of aliphatic imine (C=N–C) groups is 1. The summed E-state index contributed by atoms with van der Waals surface area (Å²) >= 11 is 0. The molecule has 1 N–H and O–H groups in total. The minimum atomic E-state index is 0. The standard InChI is InChI=1S/C22H31N3O2.HI/c1-17-6-8-18(9-7-17)12-14-24-22(23-2)25(3)15-13-19-10-11-20(26-4)21(16-19)27-5;/h6-11,16H,12-15H2,1-5H3,(H,23,24);1H. The van der Waals surface area contributed by atoms with Crippen LogP contribution in [0.3, 0.4) is 0 Å². The van der Waals surface area contributed by atoms with Crippen LogP contribution in [-0.4, -0.2) is 52.3 Å². The fraction of sp³-hybridized carbons (Fsp3) is 0.409. The first-order valence-corrected chi connectivity index (χ1v) is 9.25. The molecule has 0 atom stereocenters. The Morgan fingerprint density at radius 1 is 0.964 bits per heavy atom. The van der Waals surface area contributed by atoms with Gasteiger partial charge >= 0.3 is 0 Å². The molecule has 0 aromatic heterocycles. The van der Waals surface area contributed by atoms with Crippen LogP contribution in [0, 0.1) is 6.92 Å². The highest BCUT2D eigenvalue weighted by atomic mass is 127. The first kappa shape index (κ1) is 24.1. The van der Waals surface area contributed by atoms with E-state index in [0.717, 1.165) is 43.4 Å². The fourth-order valence-electron chi connectivity index (χ4n) is 2.90. The maximum Gasteiger partial charge on any atom is 0.193 e. The van der Waals surface area contributed by atoms with Crippen LogP contribution in [0.4, 0.5) is 0 Å². The number of halogens is 1. The van der Waals surface area contributed by atoms with Crippen molar-refractivity contribution >= 4 is 29.9 Å². The maximum absolute atomic E-state index is 5.38. The van der Waals surface area contributed by atoms with Crippen LogP contribution < -0.4 is 14.8 Å². The molecule has 0 fully saturated rings. The summed E-state index contributed by atoms with van der Waals surface area (Å²) in [5.74, 6) is 2.42. The zero-order valence-electron chi connectivity index (χ0n) is 17.5. The minimum absolute atomic E-state index is 0. The lowest BCUT2D eigenvalue weighted by Gasteiger charge is -2.22. The number of benzene rings is 2. The molecule has 2 aromatic rings. The van der Waals surface area contributed by atoms with E-state index in [9.17, 15) is 0 Å². The highest BCUT2D eigenvalue weighted by Gasteiger charge is 2.08. The summed E-state index contributed by atoms with van der Waals surface area (Å²) in [7, 11) is 7.19. The van der Waals surface area contributed by atoms with Gasteiger partial charge in [0.15, 0.2) is 17.5 Å². The number of likely N-dealkylation sites (N-methyl/N-ethyl adjacent to an activating group) is 1. The van der Waals surface area contributed by atoms with Crippen LogP contribution in [0.2, 0.25) is 0 Å². The van der Waals surface area contributed by atoms with Gasteiger partial charge in [0.2, 0.25) is 0 Å². The fourth-order valence-corrected chi connectivity index (χ4v) is 2.90. The summed E-state index contributed by atoms with van der Waals surface area (Å²) in [6.07, 6.45) is 1.87. The summed E-state index contributed by atoms with van der Waals surface area (Å²) in [6, 6.07) is 14.7. The maximum atomic E-state index is 5.38. The molecule has 0 spiro atoms. The number of ether oxygens (including phenoxy) is 2. The van der Waals surface area contributed by atoms with E-state index < -0.39 is 0 Å². The van der Waals surface area contributed by atoms with E-state index in [1.54, 1.807) is 14.2 Å². The van der Waals surface area contributed by atoms with Crippen molar-refractivity contribution in [2.75, 3.05) is 41.4 Å². The summed E-state index contributed by atoms with van der Waals surface area (Å²) in [5, 5.41) is 3.44. The van der Waals surface area contributed by atoms with Gasteiger partial charge in [-0.3, -0.25) is 4.99 Å². The molecule has 0 heterocycles. The van der Waals surface area contributed by atoms with Crippen LogP contribution in [0.1, 0.15) is 16.7 Å². The summed E-state index contributed by atoms with van der Waals surface area (Å²) in [6.45, 7) is 3.83. The number of aryl methyl sites for hydroxylation is 1. The van der Waals surface area contributed by atoms with E-state index in [-0.39, 0.29) is 24.0 Å². The van der Waals surface area contributed by atoms with Crippen molar-refractivity contribution in [1.29, 1.82) is 0 Å². The van der Waals surface area contributed by atoms with Crippen molar-refractivity contribution in [2.45, 2.75) is 19.8 Å². The van der Waals surface area contributed by atoms with Crippen molar-refractivity contribution in [3.05, 3.63) is 59.2 Å². The van der Waals surface area contributed by atoms with Gasteiger partial charge in [-0.2, -0.15) is 0 Å². The lowest BCUT2D eigenvalue weighted by molar-refractivity contribution is 0.354. The predicted molar refractivity (Wildman–Crippen MR) is 128 cm³/mol. The molecule has 0 aliphatic rings. The van der Waals surface area contributed by atoms with Crippen LogP contribution in [0.15, 0.2) is 47.5 Å². The second-order valence-electron chi connectivity index (χ2n) is 6.57. The average molecular weight is 497 g/mol. The Balaban J connectivity index is 0.00000392. The van der Waals surface area contributed by atoms with Crippen LogP contribution >= 0.6 is 24.0 Å². The minimum Gasteiger partial charge on any atom is -0.493 e. The van der Waals surface area contributed by atoms with Gasteiger partial charge in [0.1, 0.15) is 0 Å². The average Bonchev–Trinajstić information content (AvgIpc) is 2.70. The van der Waals surface area contributed by atoms with E-state index in [0.29, 0.717) is 0 Å². The highest BCUT2D eigenvalue weighted by Crippen LogP contribution is 2.27. The SMILES string of the molecule is CN=C(NCCc1ccc(C)cc1)N(C)CCc1ccc(OC)c(OC)c1.I. The monoisotopic (exact) mass is 497 g/mol. The molecule has 0 saturated heterocycles. The molecule has 0 unspecified atom stereocenters. The van der Waals surface area contributed by atoms with Gasteiger partial charge in [0.05, 0.1) is 14.2 Å². The van der Waals surface area contributed by atoms with E-state index in [1.807, 2.05) is 19.2 Å². The van der Waals surface area contributed by atoms with Crippen molar-refractivity contribution in [3.8, 4) is 11.5 Å². The Hall–Kier alpha value is -1.96. The molecule has 5 nitrogen and oxygen atoms in total. The molecular formula is C22H32IN3O2. The van der Waals surface area contributed by atoms with Crippen molar-refractivity contribution < 1.29 is 9.47 Å². The largest absolute Gasteiger partial charge is 0.493 e. The number of methoxy groups -OCH3 is 2. The van der Waals surface area contributed by atoms with Crippen molar-refractivity contribution in [1.82, 2.24) is 10.2 Å². The predicted octanol–water partition coefficient (Wildman–Crippen LogP) is 3.92. The Morgan fingerprint density at radius 2 is 1.61 bits per heavy atom. The lowest BCUT2D eigenvalue weighted by atomic mass is 10.1. The van der Waals surface area contributed by atoms with Gasteiger partial charge < -0.3 is 19.7 Å². The Bertz CT molecular complexity index is 748. The highest BCUT2D eigenvalue weighted by molar-refractivity contribution is 14.0. The molecule has 28 heavy (non-hydrogen) atoms. The third kappa shape index (κ3) is 7.22. The van der Waals surface area contributed by atoms with Gasteiger partial charge in [-0.15, -0.1) is 24.0 Å². The third-order valence-corrected chi connectivity index (χ3v) is 4.57. The van der Waals surface area contributed by atoms with Gasteiger partial charge in [0.25, 0.3) is 0 Å². The first-order chi connectivity index (χ1) is 13.1. The topological polar surface area (TPSA) is 46.1 Å². The second-order valence-corrected chi connectivity index (χ2v) is 6.57. The van der Waals surface area contributed by atoms with E-state index in [4.69, 9.17) is 9.47 Å². The van der Waals surface area contributed by atoms with Gasteiger partial charge in [0, 0.05) is 27.2 Å². The molecular weight excluding hydrogens is 465 g/mol. The third-order valence-electron chi connectivity index (χ3n) is 4.57. The number of nitrogens with one attached hydrogen (secondary N) is 1. The molecule has 2 aromatic carbocycles. The molecule has 0 radical (unpaired) electrons. The second kappa shape index (κ2) is 12.5. The Labute approximate surface area is 186 Å². The zero-order valence-corrected chi connectivity index (χ0v) is 19.8. The number of rotatable bonds is 8. The van der Waals surface area contributed by atoms with Crippen LogP contribution in [0.5, 0.6) is 11.5 Å². The van der Waals surface area contributed by atoms with Crippen LogP contribution in [-0.2, 0) is 12.8 Å². The van der Waals surface area contributed by atoms with Gasteiger partial charge in [-0.1, -0.05) is 35.9 Å². The summed E-state index contributed by atoms with van der Waals surface area (Å²) in [5.41, 5.74) is 3.82. The number of hydrogen-bond donors (Lipinski definition) is 1. The molecule has 154 valence electrons. The molecule has 0 bridgehead atoms. The first-order valence-electron chi connectivity index (χ1n) is 9.25. The quantitative estimate of drug-likeness (QED) is 0.341. The van der Waals surface area contributed by atoms with Gasteiger partial charge in [-0.25, -0.2) is 0 Å². The molecule has 2 rings (SSSR count). The normalized spacial score (nSPS) is 10.8. The molecule has 6 heteroatoms. The zero-order chi connectivity index (χ0) is 19.6. The molecule has 0 aliphatic heterocycles. The molecule has 0 amide bonds. The van der Waals surface area contributed by atoms with Gasteiger partial charge in [-0.05, 0) is 43.0 Å². The number of nitrogens with zero attached hydrogens (tertiary/aromatic N) is 2. The summed E-state index contributed by atoms with van der Waals surface area (Å²) in [4.78, 5) is 6.54. The summed E-state index contributed by atoms with van der Waals surface area (Å²) < 4.78 is 10.7. The number of guanidine groups is 1. The van der Waals surface area contributed by atoms with Crippen LogP contribution in [0.25, 0.3) is 0 Å².